The molecule has 1 N–H and O–H groups in total. The molecule has 1 saturated carbocycles. The predicted octanol–water partition coefficient (Wildman–Crippen LogP) is 0.188. The van der Waals surface area contributed by atoms with Crippen molar-refractivity contribution in [1.29, 1.82) is 0 Å². The lowest BCUT2D eigenvalue weighted by molar-refractivity contribution is 0.0195. The Morgan fingerprint density at radius 1 is 1.71 bits per heavy atom. The third-order valence-electron chi connectivity index (χ3n) is 1.33. The molecule has 0 bridgehead atoms. The first kappa shape index (κ1) is 5.06. The van der Waals surface area contributed by atoms with Gasteiger partial charge in [-0.25, -0.2) is 5.11 Å². The average Bonchev–Trinajstić information content (AvgIpc) is 2.44. The molecule has 1 radical (unpaired) electrons. The summed E-state index contributed by atoms with van der Waals surface area (Å²) >= 11 is 0. The monoisotopic (exact) mass is 101 g/mol. The standard InChI is InChI=1S/C5H9O2/c6-3-5(7)4-1-2-4/h4-6H,1-3H2. The zero-order chi connectivity index (χ0) is 5.28. The van der Waals surface area contributed by atoms with Gasteiger partial charge in [0.2, 0.25) is 0 Å². The third kappa shape index (κ3) is 1.14. The highest BCUT2D eigenvalue weighted by atomic mass is 16.3. The molecule has 0 amide bonds. The molecule has 0 heterocycles. The second kappa shape index (κ2) is 1.80. The number of hydrogen-bond donors (Lipinski definition) is 1. The molecule has 2 heteroatoms. The van der Waals surface area contributed by atoms with Gasteiger partial charge >= 0.3 is 0 Å². The number of rotatable bonds is 2. The van der Waals surface area contributed by atoms with Crippen LogP contribution < -0.4 is 0 Å². The van der Waals surface area contributed by atoms with Crippen LogP contribution in [0, 0.1) is 5.92 Å². The summed E-state index contributed by atoms with van der Waals surface area (Å²) in [4.78, 5) is 0. The fraction of sp³-hybridized carbons (Fsp3) is 1.00. The molecular formula is C5H9O2. The van der Waals surface area contributed by atoms with Gasteiger partial charge in [-0.05, 0) is 18.8 Å². The Bertz CT molecular complexity index is 59.1. The van der Waals surface area contributed by atoms with E-state index in [-0.39, 0.29) is 6.61 Å². The Hall–Kier alpha value is -0.0800. The van der Waals surface area contributed by atoms with Gasteiger partial charge in [0.15, 0.2) is 0 Å². The molecule has 1 fully saturated rings. The van der Waals surface area contributed by atoms with E-state index in [2.05, 4.69) is 0 Å². The molecule has 2 nitrogen and oxygen atoms in total. The molecule has 1 rings (SSSR count). The van der Waals surface area contributed by atoms with Crippen LogP contribution in [0.1, 0.15) is 12.8 Å². The van der Waals surface area contributed by atoms with Crippen molar-refractivity contribution in [1.82, 2.24) is 0 Å². The van der Waals surface area contributed by atoms with Crippen LogP contribution in [0.3, 0.4) is 0 Å². The second-order valence-corrected chi connectivity index (χ2v) is 2.06. The molecule has 1 aliphatic rings. The Kier molecular flexibility index (Phi) is 1.30. The fourth-order valence-electron chi connectivity index (χ4n) is 0.617. The maximum absolute atomic E-state index is 10.4. The molecule has 7 heavy (non-hydrogen) atoms. The van der Waals surface area contributed by atoms with Crippen molar-refractivity contribution in [3.63, 3.8) is 0 Å². The minimum absolute atomic E-state index is 0.176. The first-order valence-electron chi connectivity index (χ1n) is 2.61. The van der Waals surface area contributed by atoms with Crippen molar-refractivity contribution in [3.8, 4) is 0 Å². The topological polar surface area (TPSA) is 40.1 Å². The fourth-order valence-corrected chi connectivity index (χ4v) is 0.617. The van der Waals surface area contributed by atoms with E-state index in [0.29, 0.717) is 5.92 Å². The van der Waals surface area contributed by atoms with E-state index in [1.807, 2.05) is 0 Å². The summed E-state index contributed by atoms with van der Waals surface area (Å²) in [6, 6.07) is 0. The number of aliphatic hydroxyl groups is 1. The Morgan fingerprint density at radius 3 is 2.43 bits per heavy atom. The highest BCUT2D eigenvalue weighted by Crippen LogP contribution is 2.32. The molecular weight excluding hydrogens is 92.1 g/mol. The highest BCUT2D eigenvalue weighted by molar-refractivity contribution is 4.79. The average molecular weight is 101 g/mol. The van der Waals surface area contributed by atoms with E-state index in [1.54, 1.807) is 0 Å². The van der Waals surface area contributed by atoms with Crippen molar-refractivity contribution in [2.75, 3.05) is 6.61 Å². The minimum Gasteiger partial charge on any atom is -0.394 e. The Labute approximate surface area is 42.8 Å². The van der Waals surface area contributed by atoms with Crippen LogP contribution in [0.15, 0.2) is 0 Å². The van der Waals surface area contributed by atoms with Gasteiger partial charge in [0.1, 0.15) is 6.10 Å². The van der Waals surface area contributed by atoms with Crippen LogP contribution in [0.2, 0.25) is 0 Å². The summed E-state index contributed by atoms with van der Waals surface area (Å²) in [6.07, 6.45) is 1.39. The van der Waals surface area contributed by atoms with Gasteiger partial charge in [-0.1, -0.05) is 0 Å². The summed E-state index contributed by atoms with van der Waals surface area (Å²) in [7, 11) is 0. The van der Waals surface area contributed by atoms with E-state index < -0.39 is 6.10 Å². The van der Waals surface area contributed by atoms with Crippen LogP contribution in [-0.4, -0.2) is 17.8 Å². The van der Waals surface area contributed by atoms with Crippen LogP contribution in [0.25, 0.3) is 0 Å². The van der Waals surface area contributed by atoms with Gasteiger partial charge in [0.25, 0.3) is 0 Å². The Balaban J connectivity index is 2.10. The smallest absolute Gasteiger partial charge is 0.119 e. The molecule has 41 valence electrons. The number of hydrogen-bond acceptors (Lipinski definition) is 1. The van der Waals surface area contributed by atoms with Crippen LogP contribution in [0.5, 0.6) is 0 Å². The van der Waals surface area contributed by atoms with Gasteiger partial charge in [-0.2, -0.15) is 0 Å². The summed E-state index contributed by atoms with van der Waals surface area (Å²) in [5, 5.41) is 18.6. The van der Waals surface area contributed by atoms with Crippen molar-refractivity contribution < 1.29 is 10.2 Å². The quantitative estimate of drug-likeness (QED) is 0.529. The predicted molar refractivity (Wildman–Crippen MR) is 24.3 cm³/mol. The summed E-state index contributed by atoms with van der Waals surface area (Å²) < 4.78 is 0. The summed E-state index contributed by atoms with van der Waals surface area (Å²) in [6.45, 7) is -0.176. The zero-order valence-electron chi connectivity index (χ0n) is 4.13. The Morgan fingerprint density at radius 2 is 2.29 bits per heavy atom. The highest BCUT2D eigenvalue weighted by Gasteiger charge is 2.29. The molecule has 1 unspecified atom stereocenters. The van der Waals surface area contributed by atoms with Gasteiger partial charge in [0, 0.05) is 0 Å². The molecule has 1 atom stereocenters. The SMILES string of the molecule is [O]C(CO)C1CC1. The lowest BCUT2D eigenvalue weighted by Crippen LogP contribution is -2.11. The van der Waals surface area contributed by atoms with Crippen molar-refractivity contribution >= 4 is 0 Å². The van der Waals surface area contributed by atoms with Gasteiger partial charge in [-0.15, -0.1) is 0 Å². The molecule has 0 aliphatic heterocycles. The largest absolute Gasteiger partial charge is 0.394 e. The first-order valence-corrected chi connectivity index (χ1v) is 2.61. The van der Waals surface area contributed by atoms with Gasteiger partial charge in [-0.3, -0.25) is 0 Å². The normalized spacial score (nSPS) is 24.9. The second-order valence-electron chi connectivity index (χ2n) is 2.06. The van der Waals surface area contributed by atoms with Gasteiger partial charge in [0.05, 0.1) is 6.61 Å². The lowest BCUT2D eigenvalue weighted by atomic mass is 10.2. The van der Waals surface area contributed by atoms with Crippen LogP contribution >= 0.6 is 0 Å². The van der Waals surface area contributed by atoms with E-state index >= 15 is 0 Å². The van der Waals surface area contributed by atoms with E-state index in [1.165, 1.54) is 0 Å². The molecule has 1 aliphatic carbocycles. The molecule has 0 aromatic carbocycles. The molecule has 0 aromatic rings. The first-order chi connectivity index (χ1) is 3.34. The molecule has 0 spiro atoms. The molecule has 0 saturated heterocycles. The zero-order valence-corrected chi connectivity index (χ0v) is 4.13. The molecule has 0 aromatic heterocycles. The maximum Gasteiger partial charge on any atom is 0.119 e. The van der Waals surface area contributed by atoms with Crippen molar-refractivity contribution in [2.24, 2.45) is 5.92 Å². The third-order valence-corrected chi connectivity index (χ3v) is 1.33. The van der Waals surface area contributed by atoms with Crippen molar-refractivity contribution in [3.05, 3.63) is 0 Å². The lowest BCUT2D eigenvalue weighted by Gasteiger charge is -1.96. The van der Waals surface area contributed by atoms with Gasteiger partial charge < -0.3 is 5.11 Å². The minimum atomic E-state index is -0.681. The summed E-state index contributed by atoms with van der Waals surface area (Å²) in [5.74, 6) is 0.310. The maximum atomic E-state index is 10.4. The van der Waals surface area contributed by atoms with Crippen LogP contribution in [-0.2, 0) is 5.11 Å². The van der Waals surface area contributed by atoms with E-state index in [9.17, 15) is 5.11 Å². The summed E-state index contributed by atoms with van der Waals surface area (Å²) in [5.41, 5.74) is 0. The van der Waals surface area contributed by atoms with E-state index in [4.69, 9.17) is 5.11 Å². The van der Waals surface area contributed by atoms with Crippen LogP contribution in [0.4, 0.5) is 0 Å². The number of aliphatic hydroxyl groups excluding tert-OH is 1. The van der Waals surface area contributed by atoms with Crippen molar-refractivity contribution in [2.45, 2.75) is 18.9 Å². The van der Waals surface area contributed by atoms with E-state index in [0.717, 1.165) is 12.8 Å².